The van der Waals surface area contributed by atoms with Crippen LogP contribution in [0.25, 0.3) is 6.08 Å². The fourth-order valence-corrected chi connectivity index (χ4v) is 4.19. The van der Waals surface area contributed by atoms with Crippen molar-refractivity contribution in [1.82, 2.24) is 10.2 Å². The molecule has 1 saturated heterocycles. The van der Waals surface area contributed by atoms with Crippen molar-refractivity contribution in [3.63, 3.8) is 0 Å². The first-order valence-corrected chi connectivity index (χ1v) is 11.4. The van der Waals surface area contributed by atoms with Crippen molar-refractivity contribution in [3.05, 3.63) is 106 Å². The van der Waals surface area contributed by atoms with E-state index in [1.165, 1.54) is 18.2 Å². The summed E-state index contributed by atoms with van der Waals surface area (Å²) in [6, 6.07) is 22.9. The van der Waals surface area contributed by atoms with Crippen molar-refractivity contribution >= 4 is 39.5 Å². The summed E-state index contributed by atoms with van der Waals surface area (Å²) < 4.78 is 14.4. The van der Waals surface area contributed by atoms with Crippen LogP contribution in [0.5, 0.6) is 0 Å². The number of halogens is 2. The topological polar surface area (TPSA) is 52.7 Å². The van der Waals surface area contributed by atoms with Gasteiger partial charge in [-0.15, -0.1) is 0 Å². The second kappa shape index (κ2) is 10.4. The molecule has 7 heteroatoms. The van der Waals surface area contributed by atoms with E-state index in [-0.39, 0.29) is 11.6 Å². The van der Waals surface area contributed by atoms with E-state index in [4.69, 9.17) is 0 Å². The molecule has 0 bridgehead atoms. The molecule has 0 unspecified atom stereocenters. The highest BCUT2D eigenvalue weighted by atomic mass is 79.9. The van der Waals surface area contributed by atoms with Crippen LogP contribution in [0.1, 0.15) is 15.9 Å². The van der Waals surface area contributed by atoms with Crippen LogP contribution >= 0.6 is 15.9 Å². The van der Waals surface area contributed by atoms with Gasteiger partial charge >= 0.3 is 0 Å². The van der Waals surface area contributed by atoms with Gasteiger partial charge in [-0.05, 0) is 64.0 Å². The lowest BCUT2D eigenvalue weighted by Crippen LogP contribution is -2.50. The summed E-state index contributed by atoms with van der Waals surface area (Å²) in [6.07, 6.45) is 1.52. The number of carbonyl (C=O) groups is 2. The first-order valence-electron chi connectivity index (χ1n) is 10.6. The van der Waals surface area contributed by atoms with Gasteiger partial charge in [-0.25, -0.2) is 4.39 Å². The Kier molecular flexibility index (Phi) is 7.19. The maximum Gasteiger partial charge on any atom is 0.270 e. The van der Waals surface area contributed by atoms with E-state index in [1.54, 1.807) is 35.2 Å². The lowest BCUT2D eigenvalue weighted by atomic mass is 10.1. The van der Waals surface area contributed by atoms with Crippen LogP contribution in [0.3, 0.4) is 0 Å². The number of carbonyl (C=O) groups excluding carboxylic acids is 2. The Morgan fingerprint density at radius 1 is 0.879 bits per heavy atom. The number of rotatable bonds is 5. The number of benzene rings is 3. The van der Waals surface area contributed by atoms with Gasteiger partial charge in [0.25, 0.3) is 11.8 Å². The Bertz CT molecular complexity index is 1170. The maximum atomic E-state index is 13.7. The van der Waals surface area contributed by atoms with Crippen LogP contribution in [0.4, 0.5) is 10.1 Å². The Morgan fingerprint density at radius 2 is 1.58 bits per heavy atom. The second-order valence-corrected chi connectivity index (χ2v) is 8.52. The first kappa shape index (κ1) is 22.7. The number of amides is 2. The molecule has 0 saturated carbocycles. The van der Waals surface area contributed by atoms with Crippen molar-refractivity contribution in [3.8, 4) is 0 Å². The van der Waals surface area contributed by atoms with Gasteiger partial charge in [0.2, 0.25) is 0 Å². The Hall–Kier alpha value is -3.45. The third-order valence-electron chi connectivity index (χ3n) is 5.44. The molecule has 3 aromatic rings. The second-order valence-electron chi connectivity index (χ2n) is 7.66. The molecule has 1 fully saturated rings. The number of piperazine rings is 1. The largest absolute Gasteiger partial charge is 0.368 e. The molecule has 4 rings (SSSR count). The van der Waals surface area contributed by atoms with Gasteiger partial charge in [-0.2, -0.15) is 0 Å². The third kappa shape index (κ3) is 5.68. The zero-order valence-corrected chi connectivity index (χ0v) is 19.5. The van der Waals surface area contributed by atoms with Crippen LogP contribution in [-0.4, -0.2) is 42.9 Å². The molecule has 0 spiro atoms. The molecule has 2 amide bonds. The molecular weight excluding hydrogens is 485 g/mol. The standard InChI is InChI=1S/C26H23BrFN3O2/c27-23-12-5-4-11-22(23)25(32)29-24(18-19-7-6-8-20(28)17-19)26(33)31-15-13-30(14-16-31)21-9-2-1-3-10-21/h1-12,17-18H,13-16H2,(H,29,32)/b24-18+. The summed E-state index contributed by atoms with van der Waals surface area (Å²) in [5.41, 5.74) is 2.12. The number of para-hydroxylation sites is 1. The van der Waals surface area contributed by atoms with Gasteiger partial charge in [0.05, 0.1) is 5.56 Å². The van der Waals surface area contributed by atoms with E-state index in [1.807, 2.05) is 36.4 Å². The van der Waals surface area contributed by atoms with Gasteiger partial charge in [0.15, 0.2) is 0 Å². The quantitative estimate of drug-likeness (QED) is 0.509. The fraction of sp³-hybridized carbons (Fsp3) is 0.154. The zero-order valence-electron chi connectivity index (χ0n) is 17.9. The van der Waals surface area contributed by atoms with Crippen LogP contribution in [0.15, 0.2) is 89.0 Å². The summed E-state index contributed by atoms with van der Waals surface area (Å²) in [4.78, 5) is 30.3. The normalized spacial score (nSPS) is 14.2. The number of hydrogen-bond acceptors (Lipinski definition) is 3. The van der Waals surface area contributed by atoms with E-state index in [0.717, 1.165) is 5.69 Å². The summed E-state index contributed by atoms with van der Waals surface area (Å²) in [5, 5.41) is 2.75. The molecule has 0 aromatic heterocycles. The molecule has 1 N–H and O–H groups in total. The Morgan fingerprint density at radius 3 is 2.27 bits per heavy atom. The smallest absolute Gasteiger partial charge is 0.270 e. The third-order valence-corrected chi connectivity index (χ3v) is 6.14. The van der Waals surface area contributed by atoms with Gasteiger partial charge in [-0.1, -0.05) is 42.5 Å². The predicted molar refractivity (Wildman–Crippen MR) is 131 cm³/mol. The predicted octanol–water partition coefficient (Wildman–Crippen LogP) is 4.71. The lowest BCUT2D eigenvalue weighted by Gasteiger charge is -2.36. The van der Waals surface area contributed by atoms with E-state index in [2.05, 4.69) is 26.1 Å². The van der Waals surface area contributed by atoms with E-state index < -0.39 is 11.7 Å². The average Bonchev–Trinajstić information content (AvgIpc) is 2.84. The van der Waals surface area contributed by atoms with Crippen LogP contribution in [0.2, 0.25) is 0 Å². The van der Waals surface area contributed by atoms with Gasteiger partial charge in [-0.3, -0.25) is 9.59 Å². The number of nitrogens with zero attached hydrogens (tertiary/aromatic N) is 2. The zero-order chi connectivity index (χ0) is 23.2. The molecule has 0 atom stereocenters. The number of anilines is 1. The van der Waals surface area contributed by atoms with E-state index in [9.17, 15) is 14.0 Å². The molecule has 0 aliphatic carbocycles. The van der Waals surface area contributed by atoms with Crippen LogP contribution in [0, 0.1) is 5.82 Å². The number of hydrogen-bond donors (Lipinski definition) is 1. The first-order chi connectivity index (χ1) is 16.0. The molecule has 0 radical (unpaired) electrons. The molecular formula is C26H23BrFN3O2. The Labute approximate surface area is 200 Å². The highest BCUT2D eigenvalue weighted by Crippen LogP contribution is 2.19. The SMILES string of the molecule is O=C(N/C(=C/c1cccc(F)c1)C(=O)N1CCN(c2ccccc2)CC1)c1ccccc1Br. The van der Waals surface area contributed by atoms with Crippen molar-refractivity contribution in [2.45, 2.75) is 0 Å². The summed E-state index contributed by atoms with van der Waals surface area (Å²) in [5.74, 6) is -1.13. The molecule has 1 aliphatic heterocycles. The fourth-order valence-electron chi connectivity index (χ4n) is 3.73. The molecule has 33 heavy (non-hydrogen) atoms. The van der Waals surface area contributed by atoms with Crippen molar-refractivity contribution in [1.29, 1.82) is 0 Å². The lowest BCUT2D eigenvalue weighted by molar-refractivity contribution is -0.127. The van der Waals surface area contributed by atoms with Crippen LogP contribution < -0.4 is 10.2 Å². The monoisotopic (exact) mass is 507 g/mol. The van der Waals surface area contributed by atoms with Gasteiger partial charge < -0.3 is 15.1 Å². The van der Waals surface area contributed by atoms with Crippen molar-refractivity contribution in [2.75, 3.05) is 31.1 Å². The minimum atomic E-state index is -0.415. The average molecular weight is 508 g/mol. The van der Waals surface area contributed by atoms with Gasteiger partial charge in [0, 0.05) is 36.3 Å². The van der Waals surface area contributed by atoms with E-state index in [0.29, 0.717) is 41.8 Å². The molecule has 5 nitrogen and oxygen atoms in total. The van der Waals surface area contributed by atoms with Crippen LogP contribution in [-0.2, 0) is 4.79 Å². The van der Waals surface area contributed by atoms with Gasteiger partial charge in [0.1, 0.15) is 11.5 Å². The molecule has 3 aromatic carbocycles. The summed E-state index contributed by atoms with van der Waals surface area (Å²) >= 11 is 3.37. The maximum absolute atomic E-state index is 13.7. The minimum Gasteiger partial charge on any atom is -0.368 e. The number of nitrogens with one attached hydrogen (secondary N) is 1. The highest BCUT2D eigenvalue weighted by molar-refractivity contribution is 9.10. The highest BCUT2D eigenvalue weighted by Gasteiger charge is 2.25. The molecule has 168 valence electrons. The van der Waals surface area contributed by atoms with Crippen molar-refractivity contribution in [2.24, 2.45) is 0 Å². The molecule has 1 heterocycles. The van der Waals surface area contributed by atoms with E-state index >= 15 is 0 Å². The summed E-state index contributed by atoms with van der Waals surface area (Å²) in [7, 11) is 0. The minimum absolute atomic E-state index is 0.106. The molecule has 1 aliphatic rings. The Balaban J connectivity index is 1.55. The van der Waals surface area contributed by atoms with Crippen molar-refractivity contribution < 1.29 is 14.0 Å². The summed E-state index contributed by atoms with van der Waals surface area (Å²) in [6.45, 7) is 2.39.